The van der Waals surface area contributed by atoms with Crippen LogP contribution in [0.1, 0.15) is 26.7 Å². The lowest BCUT2D eigenvalue weighted by Gasteiger charge is -2.12. The fourth-order valence-corrected chi connectivity index (χ4v) is 0.725. The molecule has 0 aliphatic carbocycles. The van der Waals surface area contributed by atoms with Gasteiger partial charge in [-0.25, -0.2) is 0 Å². The van der Waals surface area contributed by atoms with Crippen LogP contribution in [0, 0.1) is 0 Å². The van der Waals surface area contributed by atoms with Gasteiger partial charge in [0.2, 0.25) is 0 Å². The Balaban J connectivity index is 3.49. The Labute approximate surface area is 61.0 Å². The number of rotatable bonds is 4. The lowest BCUT2D eigenvalue weighted by molar-refractivity contribution is -0.147. The van der Waals surface area contributed by atoms with Crippen molar-refractivity contribution in [2.24, 2.45) is 0 Å². The number of hydrogen-bond donors (Lipinski definition) is 1. The van der Waals surface area contributed by atoms with Crippen molar-refractivity contribution in [2.75, 3.05) is 6.61 Å². The molecular weight excluding hydrogens is 132 g/mol. The summed E-state index contributed by atoms with van der Waals surface area (Å²) in [6, 6.07) is 0. The van der Waals surface area contributed by atoms with Crippen molar-refractivity contribution < 1.29 is 14.6 Å². The normalized spacial score (nSPS) is 12.7. The first kappa shape index (κ1) is 9.43. The van der Waals surface area contributed by atoms with Gasteiger partial charge in [-0.3, -0.25) is 4.79 Å². The topological polar surface area (TPSA) is 46.5 Å². The number of carbonyl (C=O) groups is 1. The van der Waals surface area contributed by atoms with E-state index in [1.54, 1.807) is 0 Å². The highest BCUT2D eigenvalue weighted by Gasteiger charge is 2.07. The van der Waals surface area contributed by atoms with Crippen molar-refractivity contribution >= 4 is 5.97 Å². The SMILES string of the molecule is CCC(CCO)OC(C)=O. The van der Waals surface area contributed by atoms with Gasteiger partial charge in [-0.05, 0) is 6.42 Å². The van der Waals surface area contributed by atoms with Crippen LogP contribution in [0.2, 0.25) is 0 Å². The maximum atomic E-state index is 10.4. The smallest absolute Gasteiger partial charge is 0.302 e. The molecule has 0 spiro atoms. The van der Waals surface area contributed by atoms with Gasteiger partial charge in [0.15, 0.2) is 0 Å². The quantitative estimate of drug-likeness (QED) is 0.594. The van der Waals surface area contributed by atoms with Crippen LogP contribution in [-0.4, -0.2) is 23.8 Å². The largest absolute Gasteiger partial charge is 0.462 e. The summed E-state index contributed by atoms with van der Waals surface area (Å²) in [5.41, 5.74) is 0. The average molecular weight is 146 g/mol. The van der Waals surface area contributed by atoms with E-state index >= 15 is 0 Å². The first-order valence-corrected chi connectivity index (χ1v) is 3.48. The molecule has 1 N–H and O–H groups in total. The summed E-state index contributed by atoms with van der Waals surface area (Å²) in [5.74, 6) is -0.277. The monoisotopic (exact) mass is 146 g/mol. The van der Waals surface area contributed by atoms with Gasteiger partial charge in [-0.15, -0.1) is 0 Å². The van der Waals surface area contributed by atoms with E-state index in [1.807, 2.05) is 6.92 Å². The van der Waals surface area contributed by atoms with Crippen LogP contribution in [0.15, 0.2) is 0 Å². The first-order valence-electron chi connectivity index (χ1n) is 3.48. The van der Waals surface area contributed by atoms with Crippen LogP contribution in [0.25, 0.3) is 0 Å². The molecule has 1 unspecified atom stereocenters. The number of aliphatic hydroxyl groups excluding tert-OH is 1. The molecule has 0 aromatic heterocycles. The first-order chi connectivity index (χ1) is 4.70. The second kappa shape index (κ2) is 5.23. The Bertz CT molecular complexity index is 101. The molecule has 0 saturated carbocycles. The van der Waals surface area contributed by atoms with Crippen LogP contribution in [0.3, 0.4) is 0 Å². The zero-order valence-electron chi connectivity index (χ0n) is 6.46. The molecule has 0 aliphatic rings. The van der Waals surface area contributed by atoms with E-state index in [0.29, 0.717) is 6.42 Å². The van der Waals surface area contributed by atoms with Gasteiger partial charge in [0, 0.05) is 20.0 Å². The van der Waals surface area contributed by atoms with E-state index in [4.69, 9.17) is 9.84 Å². The molecule has 10 heavy (non-hydrogen) atoms. The van der Waals surface area contributed by atoms with E-state index in [-0.39, 0.29) is 18.7 Å². The molecule has 0 radical (unpaired) electrons. The van der Waals surface area contributed by atoms with Gasteiger partial charge in [0.1, 0.15) is 6.10 Å². The van der Waals surface area contributed by atoms with E-state index in [1.165, 1.54) is 6.92 Å². The molecule has 0 amide bonds. The van der Waals surface area contributed by atoms with E-state index in [2.05, 4.69) is 0 Å². The lowest BCUT2D eigenvalue weighted by Crippen LogP contribution is -2.16. The van der Waals surface area contributed by atoms with Gasteiger partial charge in [-0.2, -0.15) is 0 Å². The number of carbonyl (C=O) groups excluding carboxylic acids is 1. The molecule has 1 atom stereocenters. The highest BCUT2D eigenvalue weighted by atomic mass is 16.5. The number of hydrogen-bond acceptors (Lipinski definition) is 3. The van der Waals surface area contributed by atoms with Crippen molar-refractivity contribution in [3.05, 3.63) is 0 Å². The van der Waals surface area contributed by atoms with E-state index in [9.17, 15) is 4.79 Å². The molecule has 0 aromatic carbocycles. The number of aliphatic hydroxyl groups is 1. The molecule has 60 valence electrons. The minimum Gasteiger partial charge on any atom is -0.462 e. The summed E-state index contributed by atoms with van der Waals surface area (Å²) >= 11 is 0. The summed E-state index contributed by atoms with van der Waals surface area (Å²) in [7, 11) is 0. The van der Waals surface area contributed by atoms with E-state index < -0.39 is 0 Å². The van der Waals surface area contributed by atoms with Gasteiger partial charge in [0.25, 0.3) is 0 Å². The Morgan fingerprint density at radius 3 is 2.60 bits per heavy atom. The fraction of sp³-hybridized carbons (Fsp3) is 0.857. The van der Waals surface area contributed by atoms with Crippen molar-refractivity contribution in [2.45, 2.75) is 32.8 Å². The van der Waals surface area contributed by atoms with Gasteiger partial charge in [0.05, 0.1) is 0 Å². The predicted molar refractivity (Wildman–Crippen MR) is 37.5 cm³/mol. The van der Waals surface area contributed by atoms with E-state index in [0.717, 1.165) is 6.42 Å². The van der Waals surface area contributed by atoms with Crippen molar-refractivity contribution in [1.29, 1.82) is 0 Å². The molecule has 0 fully saturated rings. The second-order valence-corrected chi connectivity index (χ2v) is 2.15. The Hall–Kier alpha value is -0.570. The Morgan fingerprint density at radius 2 is 2.30 bits per heavy atom. The minimum atomic E-state index is -0.277. The minimum absolute atomic E-state index is 0.0752. The van der Waals surface area contributed by atoms with Crippen LogP contribution in [0.5, 0.6) is 0 Å². The summed E-state index contributed by atoms with van der Waals surface area (Å²) in [6.07, 6.45) is 1.19. The summed E-state index contributed by atoms with van der Waals surface area (Å²) in [5, 5.41) is 8.49. The highest BCUT2D eigenvalue weighted by Crippen LogP contribution is 2.02. The maximum Gasteiger partial charge on any atom is 0.302 e. The Kier molecular flexibility index (Phi) is 4.94. The average Bonchev–Trinajstić information content (AvgIpc) is 1.86. The summed E-state index contributed by atoms with van der Waals surface area (Å²) in [4.78, 5) is 10.4. The van der Waals surface area contributed by atoms with Crippen molar-refractivity contribution in [1.82, 2.24) is 0 Å². The third-order valence-electron chi connectivity index (χ3n) is 1.24. The fourth-order valence-electron chi connectivity index (χ4n) is 0.725. The number of esters is 1. The zero-order chi connectivity index (χ0) is 7.98. The van der Waals surface area contributed by atoms with Crippen LogP contribution in [0.4, 0.5) is 0 Å². The lowest BCUT2D eigenvalue weighted by atomic mass is 10.2. The molecule has 0 aliphatic heterocycles. The van der Waals surface area contributed by atoms with Crippen molar-refractivity contribution in [3.63, 3.8) is 0 Å². The predicted octanol–water partition coefficient (Wildman–Crippen LogP) is 0.710. The van der Waals surface area contributed by atoms with Gasteiger partial charge < -0.3 is 9.84 Å². The third kappa shape index (κ3) is 4.32. The molecule has 0 heterocycles. The second-order valence-electron chi connectivity index (χ2n) is 2.15. The standard InChI is InChI=1S/C7H14O3/c1-3-7(4-5-8)10-6(2)9/h7-8H,3-5H2,1-2H3. The molecule has 0 saturated heterocycles. The Morgan fingerprint density at radius 1 is 1.70 bits per heavy atom. The molecule has 0 aromatic rings. The van der Waals surface area contributed by atoms with Gasteiger partial charge >= 0.3 is 5.97 Å². The van der Waals surface area contributed by atoms with Crippen LogP contribution < -0.4 is 0 Å². The molecular formula is C7H14O3. The molecule has 3 heteroatoms. The third-order valence-corrected chi connectivity index (χ3v) is 1.24. The van der Waals surface area contributed by atoms with Crippen LogP contribution >= 0.6 is 0 Å². The molecule has 0 bridgehead atoms. The molecule has 3 nitrogen and oxygen atoms in total. The maximum absolute atomic E-state index is 10.4. The molecule has 0 rings (SSSR count). The summed E-state index contributed by atoms with van der Waals surface area (Å²) in [6.45, 7) is 3.37. The summed E-state index contributed by atoms with van der Waals surface area (Å²) < 4.78 is 4.84. The van der Waals surface area contributed by atoms with Crippen molar-refractivity contribution in [3.8, 4) is 0 Å². The van der Waals surface area contributed by atoms with Crippen LogP contribution in [-0.2, 0) is 9.53 Å². The highest BCUT2D eigenvalue weighted by molar-refractivity contribution is 5.66. The zero-order valence-corrected chi connectivity index (χ0v) is 6.46. The van der Waals surface area contributed by atoms with Gasteiger partial charge in [-0.1, -0.05) is 6.92 Å². The number of ether oxygens (including phenoxy) is 1.